The van der Waals surface area contributed by atoms with Crippen LogP contribution in [0.15, 0.2) is 0 Å². The number of hydrogen-bond acceptors (Lipinski definition) is 3. The second-order valence-corrected chi connectivity index (χ2v) is 2.54. The standard InChI is InChI=1S/C7H10O4/c1-2-11-7(10)5-3-4(5)6(8)9/h4-5H,2-3H2,1H3,(H,8,9)/t4-,5+/m1/s1. The highest BCUT2D eigenvalue weighted by Crippen LogP contribution is 2.39. The molecule has 1 saturated carbocycles. The molecule has 0 bridgehead atoms. The Hall–Kier alpha value is -1.06. The average molecular weight is 158 g/mol. The summed E-state index contributed by atoms with van der Waals surface area (Å²) < 4.78 is 4.64. The number of carbonyl (C=O) groups is 2. The Morgan fingerprint density at radius 2 is 2.18 bits per heavy atom. The van der Waals surface area contributed by atoms with Crippen LogP contribution >= 0.6 is 0 Å². The number of esters is 1. The van der Waals surface area contributed by atoms with Crippen molar-refractivity contribution in [3.05, 3.63) is 0 Å². The van der Waals surface area contributed by atoms with Crippen LogP contribution in [0.3, 0.4) is 0 Å². The molecule has 0 amide bonds. The van der Waals surface area contributed by atoms with Crippen LogP contribution in [0.5, 0.6) is 0 Å². The zero-order valence-electron chi connectivity index (χ0n) is 6.24. The van der Waals surface area contributed by atoms with Gasteiger partial charge in [-0.05, 0) is 13.3 Å². The van der Waals surface area contributed by atoms with Gasteiger partial charge < -0.3 is 9.84 Å². The molecule has 0 aromatic carbocycles. The van der Waals surface area contributed by atoms with Crippen LogP contribution < -0.4 is 0 Å². The Balaban J connectivity index is 2.32. The number of ether oxygens (including phenoxy) is 1. The van der Waals surface area contributed by atoms with E-state index >= 15 is 0 Å². The zero-order valence-corrected chi connectivity index (χ0v) is 6.24. The molecule has 0 aromatic rings. The lowest BCUT2D eigenvalue weighted by Gasteiger charge is -1.97. The van der Waals surface area contributed by atoms with Crippen molar-refractivity contribution < 1.29 is 19.4 Å². The second kappa shape index (κ2) is 2.90. The van der Waals surface area contributed by atoms with Gasteiger partial charge in [0.15, 0.2) is 0 Å². The quantitative estimate of drug-likeness (QED) is 0.599. The van der Waals surface area contributed by atoms with Gasteiger partial charge in [-0.2, -0.15) is 0 Å². The molecule has 62 valence electrons. The molecule has 1 aliphatic rings. The minimum atomic E-state index is -0.900. The minimum Gasteiger partial charge on any atom is -0.481 e. The van der Waals surface area contributed by atoms with E-state index in [1.807, 2.05) is 0 Å². The molecule has 0 aromatic heterocycles. The summed E-state index contributed by atoms with van der Waals surface area (Å²) in [6.07, 6.45) is 0.439. The number of carbonyl (C=O) groups excluding carboxylic acids is 1. The number of carboxylic acid groups (broad SMARTS) is 1. The van der Waals surface area contributed by atoms with Gasteiger partial charge >= 0.3 is 11.9 Å². The average Bonchev–Trinajstić information content (AvgIpc) is 2.65. The monoisotopic (exact) mass is 158 g/mol. The Labute approximate surface area is 64.2 Å². The molecule has 11 heavy (non-hydrogen) atoms. The van der Waals surface area contributed by atoms with E-state index in [4.69, 9.17) is 5.11 Å². The van der Waals surface area contributed by atoms with Crippen molar-refractivity contribution in [3.63, 3.8) is 0 Å². The van der Waals surface area contributed by atoms with E-state index < -0.39 is 11.9 Å². The fourth-order valence-corrected chi connectivity index (χ4v) is 0.978. The van der Waals surface area contributed by atoms with E-state index in [0.717, 1.165) is 0 Å². The van der Waals surface area contributed by atoms with Crippen LogP contribution in [0.25, 0.3) is 0 Å². The SMILES string of the molecule is CCOC(=O)[C@H]1C[C@H]1C(=O)O. The molecular weight excluding hydrogens is 148 g/mol. The fourth-order valence-electron chi connectivity index (χ4n) is 0.978. The van der Waals surface area contributed by atoms with Gasteiger partial charge in [-0.25, -0.2) is 0 Å². The number of aliphatic carboxylic acids is 1. The van der Waals surface area contributed by atoms with Crippen molar-refractivity contribution in [2.75, 3.05) is 6.61 Å². The highest BCUT2D eigenvalue weighted by Gasteiger charge is 2.49. The van der Waals surface area contributed by atoms with Crippen LogP contribution in [-0.4, -0.2) is 23.7 Å². The van der Waals surface area contributed by atoms with E-state index in [-0.39, 0.29) is 11.9 Å². The van der Waals surface area contributed by atoms with E-state index in [1.54, 1.807) is 6.92 Å². The molecule has 2 atom stereocenters. The highest BCUT2D eigenvalue weighted by atomic mass is 16.5. The predicted octanol–water partition coefficient (Wildman–Crippen LogP) is 0.270. The summed E-state index contributed by atoms with van der Waals surface area (Å²) in [5.41, 5.74) is 0. The van der Waals surface area contributed by atoms with Crippen LogP contribution in [0.2, 0.25) is 0 Å². The Kier molecular flexibility index (Phi) is 2.12. The predicted molar refractivity (Wildman–Crippen MR) is 35.9 cm³/mol. The first-order valence-electron chi connectivity index (χ1n) is 3.56. The summed E-state index contributed by atoms with van der Waals surface area (Å²) in [7, 11) is 0. The van der Waals surface area contributed by atoms with Crippen molar-refractivity contribution in [3.8, 4) is 0 Å². The lowest BCUT2D eigenvalue weighted by atomic mass is 10.3. The Bertz CT molecular complexity index is 187. The van der Waals surface area contributed by atoms with E-state index in [9.17, 15) is 9.59 Å². The normalized spacial score (nSPS) is 27.7. The van der Waals surface area contributed by atoms with Crippen molar-refractivity contribution in [1.29, 1.82) is 0 Å². The maximum atomic E-state index is 10.8. The molecule has 1 aliphatic carbocycles. The van der Waals surface area contributed by atoms with Gasteiger partial charge in [-0.1, -0.05) is 0 Å². The molecule has 4 nitrogen and oxygen atoms in total. The first kappa shape index (κ1) is 8.04. The first-order chi connectivity index (χ1) is 5.16. The van der Waals surface area contributed by atoms with E-state index in [0.29, 0.717) is 13.0 Å². The van der Waals surface area contributed by atoms with Crippen LogP contribution in [0.4, 0.5) is 0 Å². The van der Waals surface area contributed by atoms with Gasteiger partial charge in [0, 0.05) is 0 Å². The van der Waals surface area contributed by atoms with Crippen molar-refractivity contribution in [1.82, 2.24) is 0 Å². The summed E-state index contributed by atoms with van der Waals surface area (Å²) in [6.45, 7) is 2.03. The zero-order chi connectivity index (χ0) is 8.43. The number of carboxylic acids is 1. The second-order valence-electron chi connectivity index (χ2n) is 2.54. The largest absolute Gasteiger partial charge is 0.481 e. The van der Waals surface area contributed by atoms with Gasteiger partial charge in [0.25, 0.3) is 0 Å². The minimum absolute atomic E-state index is 0.321. The van der Waals surface area contributed by atoms with Crippen molar-refractivity contribution >= 4 is 11.9 Å². The molecule has 0 spiro atoms. The van der Waals surface area contributed by atoms with Gasteiger partial charge in [0.2, 0.25) is 0 Å². The lowest BCUT2D eigenvalue weighted by Crippen LogP contribution is -2.10. The van der Waals surface area contributed by atoms with E-state index in [1.165, 1.54) is 0 Å². The lowest BCUT2D eigenvalue weighted by molar-refractivity contribution is -0.148. The van der Waals surface area contributed by atoms with Crippen molar-refractivity contribution in [2.24, 2.45) is 11.8 Å². The molecule has 0 heterocycles. The number of hydrogen-bond donors (Lipinski definition) is 1. The summed E-state index contributed by atoms with van der Waals surface area (Å²) in [4.78, 5) is 21.1. The molecule has 1 fully saturated rings. The van der Waals surface area contributed by atoms with Crippen LogP contribution in [0, 0.1) is 11.8 Å². The molecule has 0 saturated heterocycles. The van der Waals surface area contributed by atoms with Crippen molar-refractivity contribution in [2.45, 2.75) is 13.3 Å². The fraction of sp³-hybridized carbons (Fsp3) is 0.714. The molecular formula is C7H10O4. The van der Waals surface area contributed by atoms with Crippen LogP contribution in [0.1, 0.15) is 13.3 Å². The molecule has 0 aliphatic heterocycles. The summed E-state index contributed by atoms with van der Waals surface area (Å²) in [5.74, 6) is -2.15. The maximum Gasteiger partial charge on any atom is 0.309 e. The highest BCUT2D eigenvalue weighted by molar-refractivity contribution is 5.86. The topological polar surface area (TPSA) is 63.6 Å². The third-order valence-electron chi connectivity index (χ3n) is 1.70. The van der Waals surface area contributed by atoms with Gasteiger partial charge in [0.1, 0.15) is 0 Å². The molecule has 0 radical (unpaired) electrons. The number of rotatable bonds is 3. The summed E-state index contributed by atoms with van der Waals surface area (Å²) >= 11 is 0. The maximum absolute atomic E-state index is 10.8. The first-order valence-corrected chi connectivity index (χ1v) is 3.56. The van der Waals surface area contributed by atoms with Gasteiger partial charge in [-0.15, -0.1) is 0 Å². The Morgan fingerprint density at radius 1 is 1.55 bits per heavy atom. The molecule has 0 unspecified atom stereocenters. The van der Waals surface area contributed by atoms with E-state index in [2.05, 4.69) is 4.74 Å². The van der Waals surface area contributed by atoms with Gasteiger partial charge in [0.05, 0.1) is 18.4 Å². The van der Waals surface area contributed by atoms with Gasteiger partial charge in [-0.3, -0.25) is 9.59 Å². The molecule has 4 heteroatoms. The summed E-state index contributed by atoms with van der Waals surface area (Å²) in [6, 6.07) is 0. The third-order valence-corrected chi connectivity index (χ3v) is 1.70. The third kappa shape index (κ3) is 1.69. The van der Waals surface area contributed by atoms with Crippen LogP contribution in [-0.2, 0) is 14.3 Å². The smallest absolute Gasteiger partial charge is 0.309 e. The molecule has 1 N–H and O–H groups in total. The Morgan fingerprint density at radius 3 is 2.55 bits per heavy atom. The molecule has 1 rings (SSSR count). The summed E-state index contributed by atoms with van der Waals surface area (Å²) in [5, 5.41) is 8.43.